The fraction of sp³-hybridized carbons (Fsp3) is 0.176. The Morgan fingerprint density at radius 3 is 2.96 bits per heavy atom. The molecule has 0 aromatic carbocycles. The summed E-state index contributed by atoms with van der Waals surface area (Å²) < 4.78 is 2.74. The average Bonchev–Trinajstić information content (AvgIpc) is 2.62. The Bertz CT molecular complexity index is 1100. The molecule has 0 spiro atoms. The van der Waals surface area contributed by atoms with Crippen LogP contribution in [0.4, 0.5) is 0 Å². The van der Waals surface area contributed by atoms with Gasteiger partial charge in [-0.25, -0.2) is 4.98 Å². The predicted molar refractivity (Wildman–Crippen MR) is 92.4 cm³/mol. The van der Waals surface area contributed by atoms with E-state index in [1.807, 2.05) is 0 Å². The van der Waals surface area contributed by atoms with Crippen molar-refractivity contribution in [3.63, 3.8) is 0 Å². The van der Waals surface area contributed by atoms with Crippen LogP contribution in [0.2, 0.25) is 0 Å². The minimum absolute atomic E-state index is 0.0394. The van der Waals surface area contributed by atoms with Crippen LogP contribution in [-0.2, 0) is 6.54 Å². The number of nitrogens with one attached hydrogen (secondary N) is 2. The summed E-state index contributed by atoms with van der Waals surface area (Å²) in [4.78, 5) is 29.5. The highest BCUT2D eigenvalue weighted by atomic mass is 16.3. The lowest BCUT2D eigenvalue weighted by Crippen LogP contribution is -2.35. The molecule has 0 fully saturated rings. The second-order valence-corrected chi connectivity index (χ2v) is 5.36. The van der Waals surface area contributed by atoms with Gasteiger partial charge in [0.15, 0.2) is 0 Å². The van der Waals surface area contributed by atoms with Crippen molar-refractivity contribution in [2.45, 2.75) is 6.54 Å². The number of rotatable bonds is 5. The van der Waals surface area contributed by atoms with Crippen LogP contribution in [0.1, 0.15) is 10.4 Å². The fourth-order valence-corrected chi connectivity index (χ4v) is 2.64. The number of aliphatic hydroxyl groups is 1. The Kier molecular flexibility index (Phi) is 4.44. The largest absolute Gasteiger partial charge is 0.395 e. The SMILES string of the molecule is C=CCNC(=O)c1cc2c(=O)n3ccccc3nc2n(CCO)c1=N. The van der Waals surface area contributed by atoms with Crippen LogP contribution >= 0.6 is 0 Å². The summed E-state index contributed by atoms with van der Waals surface area (Å²) in [6.07, 6.45) is 3.11. The van der Waals surface area contributed by atoms with Gasteiger partial charge < -0.3 is 15.0 Å². The first-order valence-electron chi connectivity index (χ1n) is 7.68. The minimum atomic E-state index is -0.490. The van der Waals surface area contributed by atoms with Gasteiger partial charge in [-0.3, -0.25) is 19.4 Å². The third kappa shape index (κ3) is 2.83. The summed E-state index contributed by atoms with van der Waals surface area (Å²) in [5, 5.41) is 20.4. The molecular weight excluding hydrogens is 322 g/mol. The molecule has 8 nitrogen and oxygen atoms in total. The zero-order valence-corrected chi connectivity index (χ0v) is 13.4. The maximum atomic E-state index is 12.8. The van der Waals surface area contributed by atoms with Gasteiger partial charge in [0, 0.05) is 19.3 Å². The monoisotopic (exact) mass is 339 g/mol. The number of hydrogen-bond acceptors (Lipinski definition) is 5. The number of fused-ring (bicyclic) bond motifs is 2. The van der Waals surface area contributed by atoms with Crippen LogP contribution in [0.3, 0.4) is 0 Å². The molecule has 0 saturated heterocycles. The molecule has 128 valence electrons. The molecule has 0 unspecified atom stereocenters. The normalized spacial score (nSPS) is 10.9. The Balaban J connectivity index is 2.39. The summed E-state index contributed by atoms with van der Waals surface area (Å²) in [6, 6.07) is 6.51. The van der Waals surface area contributed by atoms with Crippen molar-refractivity contribution < 1.29 is 9.90 Å². The van der Waals surface area contributed by atoms with Gasteiger partial charge in [-0.1, -0.05) is 12.1 Å². The highest BCUT2D eigenvalue weighted by Gasteiger charge is 2.16. The molecule has 3 N–H and O–H groups in total. The Hall–Kier alpha value is -3.26. The van der Waals surface area contributed by atoms with Crippen LogP contribution < -0.4 is 16.4 Å². The van der Waals surface area contributed by atoms with E-state index in [0.717, 1.165) is 0 Å². The van der Waals surface area contributed by atoms with E-state index in [2.05, 4.69) is 16.9 Å². The summed E-state index contributed by atoms with van der Waals surface area (Å²) in [7, 11) is 0. The summed E-state index contributed by atoms with van der Waals surface area (Å²) in [5.41, 5.74) is 0.267. The number of carbonyl (C=O) groups is 1. The van der Waals surface area contributed by atoms with Crippen LogP contribution in [0.5, 0.6) is 0 Å². The zero-order valence-electron chi connectivity index (χ0n) is 13.4. The summed E-state index contributed by atoms with van der Waals surface area (Å²) in [5.74, 6) is -0.490. The van der Waals surface area contributed by atoms with Gasteiger partial charge in [-0.15, -0.1) is 6.58 Å². The molecule has 3 aromatic rings. The third-order valence-corrected chi connectivity index (χ3v) is 3.79. The van der Waals surface area contributed by atoms with E-state index in [1.54, 1.807) is 24.4 Å². The van der Waals surface area contributed by atoms with Gasteiger partial charge in [0.25, 0.3) is 11.5 Å². The highest BCUT2D eigenvalue weighted by molar-refractivity contribution is 5.96. The first-order valence-corrected chi connectivity index (χ1v) is 7.68. The number of amides is 1. The molecule has 3 rings (SSSR count). The van der Waals surface area contributed by atoms with Gasteiger partial charge in [0.05, 0.1) is 17.6 Å². The van der Waals surface area contributed by atoms with Crippen molar-refractivity contribution in [2.75, 3.05) is 13.2 Å². The molecule has 3 aromatic heterocycles. The van der Waals surface area contributed by atoms with Crippen molar-refractivity contribution in [3.05, 3.63) is 64.5 Å². The summed E-state index contributed by atoms with van der Waals surface area (Å²) >= 11 is 0. The molecular formula is C17H17N5O3. The topological polar surface area (TPSA) is 112 Å². The maximum Gasteiger partial charge on any atom is 0.267 e. The lowest BCUT2D eigenvalue weighted by Gasteiger charge is -2.13. The van der Waals surface area contributed by atoms with E-state index in [4.69, 9.17) is 5.41 Å². The van der Waals surface area contributed by atoms with Crippen molar-refractivity contribution in [2.24, 2.45) is 0 Å². The molecule has 0 radical (unpaired) electrons. The van der Waals surface area contributed by atoms with E-state index in [0.29, 0.717) is 5.65 Å². The van der Waals surface area contributed by atoms with E-state index in [9.17, 15) is 14.7 Å². The molecule has 1 amide bonds. The Labute approximate surface area is 142 Å². The molecule has 0 saturated carbocycles. The molecule has 8 heteroatoms. The van der Waals surface area contributed by atoms with Gasteiger partial charge >= 0.3 is 0 Å². The number of nitrogens with zero attached hydrogens (tertiary/aromatic N) is 3. The summed E-state index contributed by atoms with van der Waals surface area (Å²) in [6.45, 7) is 3.57. The molecule has 0 bridgehead atoms. The van der Waals surface area contributed by atoms with E-state index in [1.165, 1.54) is 21.1 Å². The lowest BCUT2D eigenvalue weighted by molar-refractivity contribution is 0.0955. The van der Waals surface area contributed by atoms with E-state index < -0.39 is 5.91 Å². The number of carbonyl (C=O) groups excluding carboxylic acids is 1. The molecule has 25 heavy (non-hydrogen) atoms. The molecule has 0 aliphatic rings. The smallest absolute Gasteiger partial charge is 0.267 e. The number of aliphatic hydroxyl groups excluding tert-OH is 1. The van der Waals surface area contributed by atoms with Crippen molar-refractivity contribution in [3.8, 4) is 0 Å². The average molecular weight is 339 g/mol. The molecule has 0 aliphatic heterocycles. The van der Waals surface area contributed by atoms with Gasteiger partial charge in [-0.2, -0.15) is 0 Å². The zero-order chi connectivity index (χ0) is 18.0. The number of hydrogen-bond donors (Lipinski definition) is 3. The standard InChI is InChI=1S/C17H17N5O3/c1-2-6-19-16(24)11-10-12-15(22(8-9-23)14(11)18)20-13-5-3-4-7-21(13)17(12)25/h2-5,7,10,18,23H,1,6,8-9H2,(H,19,24). The van der Waals surface area contributed by atoms with Gasteiger partial charge in [-0.05, 0) is 18.2 Å². The van der Waals surface area contributed by atoms with Crippen LogP contribution in [-0.4, -0.2) is 38.1 Å². The first-order chi connectivity index (χ1) is 12.1. The van der Waals surface area contributed by atoms with Crippen LogP contribution in [0.15, 0.2) is 47.9 Å². The van der Waals surface area contributed by atoms with Crippen molar-refractivity contribution >= 4 is 22.6 Å². The third-order valence-electron chi connectivity index (χ3n) is 3.79. The van der Waals surface area contributed by atoms with Gasteiger partial charge in [0.1, 0.15) is 16.8 Å². The number of aromatic nitrogens is 3. The minimum Gasteiger partial charge on any atom is -0.395 e. The van der Waals surface area contributed by atoms with E-state index >= 15 is 0 Å². The molecule has 0 aliphatic carbocycles. The Morgan fingerprint density at radius 2 is 2.24 bits per heavy atom. The molecule has 3 heterocycles. The first kappa shape index (κ1) is 16.6. The molecule has 0 atom stereocenters. The van der Waals surface area contributed by atoms with Crippen molar-refractivity contribution in [1.29, 1.82) is 5.41 Å². The van der Waals surface area contributed by atoms with Crippen molar-refractivity contribution in [1.82, 2.24) is 19.3 Å². The quantitative estimate of drug-likeness (QED) is 0.450. The fourth-order valence-electron chi connectivity index (χ4n) is 2.64. The maximum absolute atomic E-state index is 12.8. The van der Waals surface area contributed by atoms with E-state index in [-0.39, 0.29) is 47.3 Å². The second kappa shape index (κ2) is 6.70. The number of pyridine rings is 2. The van der Waals surface area contributed by atoms with Gasteiger partial charge in [0.2, 0.25) is 0 Å². The van der Waals surface area contributed by atoms with Crippen LogP contribution in [0, 0.1) is 5.41 Å². The predicted octanol–water partition coefficient (Wildman–Crippen LogP) is 0.0368. The lowest BCUT2D eigenvalue weighted by atomic mass is 10.2. The highest BCUT2D eigenvalue weighted by Crippen LogP contribution is 2.10. The van der Waals surface area contributed by atoms with Crippen LogP contribution in [0.25, 0.3) is 16.7 Å². The second-order valence-electron chi connectivity index (χ2n) is 5.36. The Morgan fingerprint density at radius 1 is 1.44 bits per heavy atom.